The van der Waals surface area contributed by atoms with Crippen molar-refractivity contribution in [2.75, 3.05) is 0 Å². The first-order valence-corrected chi connectivity index (χ1v) is 6.74. The van der Waals surface area contributed by atoms with Crippen LogP contribution in [0.5, 0.6) is 0 Å². The molecular formula is C16H13ClF2O2. The summed E-state index contributed by atoms with van der Waals surface area (Å²) < 4.78 is 26.6. The van der Waals surface area contributed by atoms with Gasteiger partial charge < -0.3 is 5.11 Å². The average Bonchev–Trinajstić information content (AvgIpc) is 2.43. The molecular weight excluding hydrogens is 298 g/mol. The van der Waals surface area contributed by atoms with Crippen LogP contribution in [0.4, 0.5) is 8.78 Å². The van der Waals surface area contributed by atoms with Gasteiger partial charge in [-0.05, 0) is 48.2 Å². The number of carboxylic acids is 1. The van der Waals surface area contributed by atoms with Crippen LogP contribution in [0.1, 0.15) is 11.1 Å². The molecule has 1 unspecified atom stereocenters. The third kappa shape index (κ3) is 4.26. The van der Waals surface area contributed by atoms with Crippen molar-refractivity contribution in [3.05, 3.63) is 70.2 Å². The van der Waals surface area contributed by atoms with Crippen molar-refractivity contribution in [3.8, 4) is 0 Å². The van der Waals surface area contributed by atoms with Gasteiger partial charge in [0.15, 0.2) is 0 Å². The van der Waals surface area contributed by atoms with E-state index in [2.05, 4.69) is 0 Å². The van der Waals surface area contributed by atoms with Gasteiger partial charge in [0.25, 0.3) is 0 Å². The van der Waals surface area contributed by atoms with Crippen molar-refractivity contribution in [2.24, 2.45) is 5.92 Å². The molecule has 0 aliphatic carbocycles. The van der Waals surface area contributed by atoms with Gasteiger partial charge in [0.1, 0.15) is 11.6 Å². The predicted octanol–water partition coefficient (Wildman–Crippen LogP) is 4.10. The lowest BCUT2D eigenvalue weighted by Gasteiger charge is -2.13. The van der Waals surface area contributed by atoms with Gasteiger partial charge in [0.05, 0.1) is 5.92 Å². The summed E-state index contributed by atoms with van der Waals surface area (Å²) in [6, 6.07) is 9.78. The maximum absolute atomic E-state index is 13.7. The van der Waals surface area contributed by atoms with E-state index in [9.17, 15) is 18.7 Å². The fourth-order valence-electron chi connectivity index (χ4n) is 2.10. The Morgan fingerprint density at radius 3 is 2.33 bits per heavy atom. The van der Waals surface area contributed by atoms with Gasteiger partial charge in [0, 0.05) is 5.02 Å². The molecule has 0 aromatic heterocycles. The first-order chi connectivity index (χ1) is 9.95. The fraction of sp³-hybridized carbons (Fsp3) is 0.188. The van der Waals surface area contributed by atoms with E-state index >= 15 is 0 Å². The van der Waals surface area contributed by atoms with E-state index in [-0.39, 0.29) is 23.7 Å². The molecule has 0 saturated heterocycles. The number of hydrogen-bond donors (Lipinski definition) is 1. The van der Waals surface area contributed by atoms with E-state index in [1.807, 2.05) is 0 Å². The minimum absolute atomic E-state index is 0.0513. The highest BCUT2D eigenvalue weighted by atomic mass is 35.5. The van der Waals surface area contributed by atoms with Gasteiger partial charge in [-0.1, -0.05) is 29.8 Å². The van der Waals surface area contributed by atoms with Crippen molar-refractivity contribution in [1.82, 2.24) is 0 Å². The van der Waals surface area contributed by atoms with Gasteiger partial charge >= 0.3 is 5.97 Å². The highest BCUT2D eigenvalue weighted by Gasteiger charge is 2.20. The maximum atomic E-state index is 13.7. The van der Waals surface area contributed by atoms with Crippen LogP contribution in [0.15, 0.2) is 42.5 Å². The van der Waals surface area contributed by atoms with Crippen LogP contribution in [-0.2, 0) is 17.6 Å². The lowest BCUT2D eigenvalue weighted by atomic mass is 9.92. The van der Waals surface area contributed by atoms with Gasteiger partial charge in [-0.15, -0.1) is 0 Å². The number of benzene rings is 2. The van der Waals surface area contributed by atoms with E-state index in [4.69, 9.17) is 11.6 Å². The van der Waals surface area contributed by atoms with Crippen molar-refractivity contribution in [3.63, 3.8) is 0 Å². The van der Waals surface area contributed by atoms with Crippen molar-refractivity contribution in [2.45, 2.75) is 12.8 Å². The zero-order valence-electron chi connectivity index (χ0n) is 11.0. The largest absolute Gasteiger partial charge is 0.481 e. The Bertz CT molecular complexity index is 641. The normalized spacial score (nSPS) is 12.1. The van der Waals surface area contributed by atoms with E-state index in [1.165, 1.54) is 36.4 Å². The van der Waals surface area contributed by atoms with E-state index < -0.39 is 17.7 Å². The number of rotatable bonds is 5. The van der Waals surface area contributed by atoms with Gasteiger partial charge in [-0.2, -0.15) is 0 Å². The Kier molecular flexibility index (Phi) is 4.91. The summed E-state index contributed by atoms with van der Waals surface area (Å²) in [7, 11) is 0. The number of aliphatic carboxylic acids is 1. The average molecular weight is 311 g/mol. The maximum Gasteiger partial charge on any atom is 0.307 e. The summed E-state index contributed by atoms with van der Waals surface area (Å²) in [5.74, 6) is -2.71. The zero-order chi connectivity index (χ0) is 15.4. The van der Waals surface area contributed by atoms with E-state index in [0.717, 1.165) is 6.07 Å². The Morgan fingerprint density at radius 2 is 1.76 bits per heavy atom. The molecule has 0 spiro atoms. The summed E-state index contributed by atoms with van der Waals surface area (Å²) in [5, 5.41) is 9.54. The minimum atomic E-state index is -1.02. The highest BCUT2D eigenvalue weighted by Crippen LogP contribution is 2.20. The Labute approximate surface area is 126 Å². The van der Waals surface area contributed by atoms with E-state index in [0.29, 0.717) is 11.1 Å². The third-order valence-corrected chi connectivity index (χ3v) is 3.46. The van der Waals surface area contributed by atoms with Gasteiger partial charge in [-0.25, -0.2) is 8.78 Å². The first kappa shape index (κ1) is 15.4. The summed E-state index contributed by atoms with van der Waals surface area (Å²) in [6.45, 7) is 0. The molecule has 0 saturated carbocycles. The molecule has 0 amide bonds. The number of carboxylic acid groups (broad SMARTS) is 1. The summed E-state index contributed by atoms with van der Waals surface area (Å²) >= 11 is 5.67. The second-order valence-corrected chi connectivity index (χ2v) is 5.24. The van der Waals surface area contributed by atoms with Crippen LogP contribution in [0.25, 0.3) is 0 Å². The van der Waals surface area contributed by atoms with Crippen molar-refractivity contribution >= 4 is 17.6 Å². The third-order valence-electron chi connectivity index (χ3n) is 3.23. The molecule has 0 aliphatic rings. The summed E-state index contributed by atoms with van der Waals surface area (Å²) in [6.07, 6.45) is 0.257. The van der Waals surface area contributed by atoms with Crippen LogP contribution >= 0.6 is 11.6 Å². The van der Waals surface area contributed by atoms with Crippen LogP contribution in [0.2, 0.25) is 5.02 Å². The molecule has 1 atom stereocenters. The van der Waals surface area contributed by atoms with Gasteiger partial charge in [-0.3, -0.25) is 4.79 Å². The number of carbonyl (C=O) groups is 1. The lowest BCUT2D eigenvalue weighted by Crippen LogP contribution is -2.19. The smallest absolute Gasteiger partial charge is 0.307 e. The van der Waals surface area contributed by atoms with Crippen molar-refractivity contribution < 1.29 is 18.7 Å². The molecule has 2 aromatic carbocycles. The minimum Gasteiger partial charge on any atom is -0.481 e. The Balaban J connectivity index is 2.15. The number of hydrogen-bond acceptors (Lipinski definition) is 1. The molecule has 0 heterocycles. The van der Waals surface area contributed by atoms with Crippen LogP contribution in [0.3, 0.4) is 0 Å². The molecule has 21 heavy (non-hydrogen) atoms. The lowest BCUT2D eigenvalue weighted by molar-refractivity contribution is -0.141. The van der Waals surface area contributed by atoms with E-state index in [1.54, 1.807) is 0 Å². The molecule has 2 nitrogen and oxygen atoms in total. The molecule has 2 rings (SSSR count). The Morgan fingerprint density at radius 1 is 1.10 bits per heavy atom. The number of halogens is 3. The molecule has 0 fully saturated rings. The topological polar surface area (TPSA) is 37.3 Å². The summed E-state index contributed by atoms with van der Waals surface area (Å²) in [4.78, 5) is 11.3. The molecule has 0 radical (unpaired) electrons. The first-order valence-electron chi connectivity index (χ1n) is 6.37. The summed E-state index contributed by atoms with van der Waals surface area (Å²) in [5.41, 5.74) is 0.993. The highest BCUT2D eigenvalue weighted by molar-refractivity contribution is 6.30. The fourth-order valence-corrected chi connectivity index (χ4v) is 2.26. The van der Waals surface area contributed by atoms with Gasteiger partial charge in [0.2, 0.25) is 0 Å². The second kappa shape index (κ2) is 6.68. The molecule has 0 bridgehead atoms. The Hall–Kier alpha value is -1.94. The van der Waals surface area contributed by atoms with Crippen molar-refractivity contribution in [1.29, 1.82) is 0 Å². The molecule has 1 N–H and O–H groups in total. The van der Waals surface area contributed by atoms with Crippen LogP contribution < -0.4 is 0 Å². The molecule has 110 valence electrons. The van der Waals surface area contributed by atoms with Crippen LogP contribution in [0, 0.1) is 17.6 Å². The zero-order valence-corrected chi connectivity index (χ0v) is 11.8. The molecule has 0 aliphatic heterocycles. The quantitative estimate of drug-likeness (QED) is 0.902. The SMILES string of the molecule is O=C(O)C(Cc1ccc(F)cc1)Cc1ccc(Cl)cc1F. The second-order valence-electron chi connectivity index (χ2n) is 4.81. The molecule has 2 aromatic rings. The monoisotopic (exact) mass is 310 g/mol. The van der Waals surface area contributed by atoms with Crippen LogP contribution in [-0.4, -0.2) is 11.1 Å². The molecule has 5 heteroatoms. The predicted molar refractivity (Wildman–Crippen MR) is 76.3 cm³/mol. The standard InChI is InChI=1S/C16H13ClF2O2/c17-13-4-3-11(15(19)9-13)8-12(16(20)21)7-10-1-5-14(18)6-2-10/h1-6,9,12H,7-8H2,(H,20,21).